The lowest BCUT2D eigenvalue weighted by atomic mass is 9.93. The van der Waals surface area contributed by atoms with E-state index in [9.17, 15) is 18.0 Å². The third-order valence-electron chi connectivity index (χ3n) is 7.06. The van der Waals surface area contributed by atoms with Crippen LogP contribution in [0, 0.1) is 11.8 Å². The van der Waals surface area contributed by atoms with E-state index in [2.05, 4.69) is 10.3 Å². The van der Waals surface area contributed by atoms with Gasteiger partial charge >= 0.3 is 6.09 Å². The summed E-state index contributed by atoms with van der Waals surface area (Å²) in [6.45, 7) is 18.2. The van der Waals surface area contributed by atoms with E-state index in [0.717, 1.165) is 0 Å². The minimum Gasteiger partial charge on any atom is -0.467 e. The van der Waals surface area contributed by atoms with Gasteiger partial charge in [0.25, 0.3) is 5.91 Å². The summed E-state index contributed by atoms with van der Waals surface area (Å²) in [6, 6.07) is 3.19. The predicted octanol–water partition coefficient (Wildman–Crippen LogP) is 5.14. The maximum Gasteiger partial charge on any atom is 0.410 e. The number of hydrogen-bond acceptors (Lipinski definition) is 9. The third-order valence-corrected chi connectivity index (χ3v) is 8.92. The summed E-state index contributed by atoms with van der Waals surface area (Å²) in [5.41, 5.74) is -0.772. The van der Waals surface area contributed by atoms with Crippen molar-refractivity contribution in [3.8, 4) is 0 Å². The van der Waals surface area contributed by atoms with Crippen molar-refractivity contribution < 1.29 is 27.2 Å². The summed E-state index contributed by atoms with van der Waals surface area (Å²) < 4.78 is 36.5. The van der Waals surface area contributed by atoms with Crippen molar-refractivity contribution in [3.05, 3.63) is 41.7 Å². The zero-order valence-corrected chi connectivity index (χ0v) is 28.0. The normalized spacial score (nSPS) is 18.0. The monoisotopic (exact) mass is 619 g/mol. The van der Waals surface area contributed by atoms with Crippen molar-refractivity contribution in [2.45, 2.75) is 92.3 Å². The van der Waals surface area contributed by atoms with Crippen LogP contribution in [0.15, 0.2) is 29.0 Å². The molecule has 2 aromatic rings. The molecular weight excluding hydrogens is 570 g/mol. The number of aromatic nitrogens is 2. The van der Waals surface area contributed by atoms with Crippen molar-refractivity contribution >= 4 is 27.7 Å². The SMILES string of the molecule is CCS(=O)(=O)C[C@@H]1C[C@H](N(CC(C)C)C(=O)c2cnc(C(C)(C)C)nc2NCc2ccco2)CN(C(=O)OC(C)(C)C)C1. The van der Waals surface area contributed by atoms with Crippen molar-refractivity contribution in [2.75, 3.05) is 36.5 Å². The highest BCUT2D eigenvalue weighted by molar-refractivity contribution is 7.91. The first-order chi connectivity index (χ1) is 19.9. The molecule has 0 aliphatic carbocycles. The molecule has 12 heteroatoms. The molecule has 2 amide bonds. The maximum absolute atomic E-state index is 14.4. The predicted molar refractivity (Wildman–Crippen MR) is 167 cm³/mol. The van der Waals surface area contributed by atoms with Crippen molar-refractivity contribution in [1.82, 2.24) is 19.8 Å². The van der Waals surface area contributed by atoms with E-state index in [1.54, 1.807) is 56.0 Å². The largest absolute Gasteiger partial charge is 0.467 e. The minimum atomic E-state index is -3.32. The molecule has 2 aromatic heterocycles. The summed E-state index contributed by atoms with van der Waals surface area (Å²) >= 11 is 0. The van der Waals surface area contributed by atoms with Gasteiger partial charge in [0.15, 0.2) is 0 Å². The fourth-order valence-corrected chi connectivity index (χ4v) is 6.23. The number of anilines is 1. The van der Waals surface area contributed by atoms with Crippen LogP contribution in [0.25, 0.3) is 0 Å². The fourth-order valence-electron chi connectivity index (χ4n) is 5.04. The van der Waals surface area contributed by atoms with Gasteiger partial charge in [0.1, 0.15) is 38.4 Å². The van der Waals surface area contributed by atoms with Gasteiger partial charge in [0, 0.05) is 37.0 Å². The Kier molecular flexibility index (Phi) is 10.9. The average molecular weight is 620 g/mol. The van der Waals surface area contributed by atoms with Gasteiger partial charge in [-0.2, -0.15) is 0 Å². The third kappa shape index (κ3) is 9.94. The Morgan fingerprint density at radius 2 is 1.88 bits per heavy atom. The fraction of sp³-hybridized carbons (Fsp3) is 0.677. The molecule has 1 fully saturated rings. The van der Waals surface area contributed by atoms with Gasteiger partial charge in [-0.3, -0.25) is 4.79 Å². The average Bonchev–Trinajstić information content (AvgIpc) is 3.42. The van der Waals surface area contributed by atoms with Crippen LogP contribution in [0.5, 0.6) is 0 Å². The molecule has 2 atom stereocenters. The highest BCUT2D eigenvalue weighted by Crippen LogP contribution is 2.29. The molecule has 0 saturated carbocycles. The lowest BCUT2D eigenvalue weighted by Gasteiger charge is -2.43. The van der Waals surface area contributed by atoms with Crippen LogP contribution >= 0.6 is 0 Å². The van der Waals surface area contributed by atoms with Crippen molar-refractivity contribution in [2.24, 2.45) is 11.8 Å². The van der Waals surface area contributed by atoms with Crippen LogP contribution in [-0.2, 0) is 26.5 Å². The second-order valence-electron chi connectivity index (χ2n) is 13.8. The number of hydrogen-bond donors (Lipinski definition) is 1. The molecule has 0 aromatic carbocycles. The molecule has 0 unspecified atom stereocenters. The van der Waals surface area contributed by atoms with Crippen LogP contribution < -0.4 is 5.32 Å². The van der Waals surface area contributed by atoms with Gasteiger partial charge in [0.2, 0.25) is 0 Å². The number of nitrogens with zero attached hydrogens (tertiary/aromatic N) is 4. The van der Waals surface area contributed by atoms with E-state index in [1.807, 2.05) is 40.7 Å². The molecular formula is C31H49N5O6S. The Morgan fingerprint density at radius 3 is 2.44 bits per heavy atom. The van der Waals surface area contributed by atoms with E-state index in [4.69, 9.17) is 14.1 Å². The van der Waals surface area contributed by atoms with Crippen LogP contribution in [0.4, 0.5) is 10.6 Å². The molecule has 3 heterocycles. The first-order valence-electron chi connectivity index (χ1n) is 15.0. The smallest absolute Gasteiger partial charge is 0.410 e. The van der Waals surface area contributed by atoms with Crippen LogP contribution in [0.2, 0.25) is 0 Å². The van der Waals surface area contributed by atoms with Crippen molar-refractivity contribution in [1.29, 1.82) is 0 Å². The highest BCUT2D eigenvalue weighted by atomic mass is 32.2. The summed E-state index contributed by atoms with van der Waals surface area (Å²) in [5, 5.41) is 3.26. The second-order valence-corrected chi connectivity index (χ2v) is 16.2. The number of likely N-dealkylation sites (tertiary alicyclic amines) is 1. The molecule has 1 N–H and O–H groups in total. The molecule has 0 bridgehead atoms. The van der Waals surface area contributed by atoms with Crippen LogP contribution in [-0.4, -0.2) is 83.0 Å². The number of rotatable bonds is 10. The number of nitrogens with one attached hydrogen (secondary N) is 1. The zero-order chi connectivity index (χ0) is 32.2. The molecule has 1 aliphatic heterocycles. The first kappa shape index (κ1) is 34.3. The lowest BCUT2D eigenvalue weighted by Crippen LogP contribution is -2.56. The molecule has 1 aliphatic rings. The second kappa shape index (κ2) is 13.7. The number of piperidine rings is 1. The van der Waals surface area contributed by atoms with Crippen LogP contribution in [0.1, 0.15) is 90.7 Å². The van der Waals surface area contributed by atoms with Gasteiger partial charge in [-0.1, -0.05) is 41.5 Å². The summed E-state index contributed by atoms with van der Waals surface area (Å²) in [7, 11) is -3.32. The Bertz CT molecular complexity index is 1350. The van der Waals surface area contributed by atoms with Gasteiger partial charge in [-0.15, -0.1) is 0 Å². The molecule has 43 heavy (non-hydrogen) atoms. The molecule has 0 spiro atoms. The van der Waals surface area contributed by atoms with Gasteiger partial charge in [-0.25, -0.2) is 23.2 Å². The number of carbonyl (C=O) groups is 2. The van der Waals surface area contributed by atoms with E-state index in [0.29, 0.717) is 42.5 Å². The number of ether oxygens (including phenoxy) is 1. The van der Waals surface area contributed by atoms with Gasteiger partial charge in [-0.05, 0) is 51.2 Å². The summed E-state index contributed by atoms with van der Waals surface area (Å²) in [5.74, 6) is 1.07. The van der Waals surface area contributed by atoms with E-state index < -0.39 is 27.6 Å². The first-order valence-corrected chi connectivity index (χ1v) is 16.8. The summed E-state index contributed by atoms with van der Waals surface area (Å²) in [6.07, 6.45) is 3.06. The zero-order valence-electron chi connectivity index (χ0n) is 27.1. The highest BCUT2D eigenvalue weighted by Gasteiger charge is 2.39. The Balaban J connectivity index is 2.02. The van der Waals surface area contributed by atoms with E-state index >= 15 is 0 Å². The molecule has 11 nitrogen and oxygen atoms in total. The number of furan rings is 1. The molecule has 240 valence electrons. The van der Waals surface area contributed by atoms with E-state index in [1.165, 1.54) is 0 Å². The molecule has 0 radical (unpaired) electrons. The van der Waals surface area contributed by atoms with E-state index in [-0.39, 0.29) is 47.8 Å². The van der Waals surface area contributed by atoms with Crippen molar-refractivity contribution in [3.63, 3.8) is 0 Å². The Hall–Kier alpha value is -3.15. The quantitative estimate of drug-likeness (QED) is 0.384. The van der Waals surface area contributed by atoms with Gasteiger partial charge < -0.3 is 24.3 Å². The Labute approximate surface area is 256 Å². The molecule has 1 saturated heterocycles. The van der Waals surface area contributed by atoms with Crippen LogP contribution in [0.3, 0.4) is 0 Å². The number of amides is 2. The summed E-state index contributed by atoms with van der Waals surface area (Å²) in [4.78, 5) is 40.2. The minimum absolute atomic E-state index is 0.0113. The lowest BCUT2D eigenvalue weighted by molar-refractivity contribution is 0.00270. The number of sulfone groups is 1. The number of carbonyl (C=O) groups excluding carboxylic acids is 2. The Morgan fingerprint density at radius 1 is 1.19 bits per heavy atom. The maximum atomic E-state index is 14.4. The standard InChI is InChI=1S/C31H49N5O6S/c1-10-43(39,40)20-22-14-23(19-35(18-22)29(38)42-31(7,8)9)36(17-21(2)3)27(37)25-16-33-28(30(4,5)6)34-26(25)32-15-24-12-11-13-41-24/h11-13,16,21-23H,10,14-15,17-20H2,1-9H3,(H,32,33,34)/t22-,23+/m1/s1. The van der Waals surface area contributed by atoms with Gasteiger partial charge in [0.05, 0.1) is 24.6 Å². The molecule has 3 rings (SSSR count). The topological polar surface area (TPSA) is 135 Å².